The highest BCUT2D eigenvalue weighted by molar-refractivity contribution is 7.80. The number of thiocarbonyl (C=S) groups is 1. The quantitative estimate of drug-likeness (QED) is 0.672. The van der Waals surface area contributed by atoms with Crippen molar-refractivity contribution in [3.63, 3.8) is 0 Å². The van der Waals surface area contributed by atoms with E-state index in [1.165, 1.54) is 11.3 Å². The van der Waals surface area contributed by atoms with Crippen molar-refractivity contribution < 1.29 is 0 Å². The van der Waals surface area contributed by atoms with Gasteiger partial charge in [-0.2, -0.15) is 0 Å². The summed E-state index contributed by atoms with van der Waals surface area (Å²) in [4.78, 5) is 4.44. The van der Waals surface area contributed by atoms with Gasteiger partial charge in [0, 0.05) is 18.3 Å². The van der Waals surface area contributed by atoms with Gasteiger partial charge in [0.25, 0.3) is 0 Å². The summed E-state index contributed by atoms with van der Waals surface area (Å²) in [5, 5.41) is 4.24. The lowest BCUT2D eigenvalue weighted by Gasteiger charge is -2.26. The van der Waals surface area contributed by atoms with Gasteiger partial charge in [0.1, 0.15) is 0 Å². The molecule has 1 aromatic carbocycles. The number of rotatable bonds is 4. The third kappa shape index (κ3) is 3.45. The molecular formula is C15H23N3S. The zero-order valence-corrected chi connectivity index (χ0v) is 12.8. The predicted molar refractivity (Wildman–Crippen MR) is 85.9 cm³/mol. The number of benzene rings is 1. The molecule has 0 spiro atoms. The van der Waals surface area contributed by atoms with Crippen LogP contribution in [0.3, 0.4) is 0 Å². The highest BCUT2D eigenvalue weighted by Crippen LogP contribution is 2.31. The number of nitrogens with one attached hydrogen (secondary N) is 1. The summed E-state index contributed by atoms with van der Waals surface area (Å²) >= 11 is 5.55. The molecule has 104 valence electrons. The fourth-order valence-corrected chi connectivity index (χ4v) is 2.93. The minimum absolute atomic E-state index is 0.450. The van der Waals surface area contributed by atoms with Crippen LogP contribution >= 0.6 is 12.2 Å². The fourth-order valence-electron chi connectivity index (χ4n) is 2.55. The van der Waals surface area contributed by atoms with Crippen LogP contribution in [-0.2, 0) is 6.42 Å². The zero-order chi connectivity index (χ0) is 13.8. The van der Waals surface area contributed by atoms with Gasteiger partial charge in [-0.1, -0.05) is 18.2 Å². The molecule has 4 heteroatoms. The van der Waals surface area contributed by atoms with E-state index in [4.69, 9.17) is 12.2 Å². The number of hydrogen-bond donors (Lipinski definition) is 1. The molecule has 0 amide bonds. The van der Waals surface area contributed by atoms with Gasteiger partial charge < -0.3 is 15.1 Å². The summed E-state index contributed by atoms with van der Waals surface area (Å²) in [6.07, 6.45) is 2.19. The van der Waals surface area contributed by atoms with Gasteiger partial charge in [0.2, 0.25) is 0 Å². The largest absolute Gasteiger partial charge is 0.362 e. The Kier molecular flexibility index (Phi) is 4.77. The summed E-state index contributed by atoms with van der Waals surface area (Å²) in [7, 11) is 4.19. The van der Waals surface area contributed by atoms with Crippen molar-refractivity contribution in [2.45, 2.75) is 25.8 Å². The van der Waals surface area contributed by atoms with Crippen LogP contribution in [0.2, 0.25) is 0 Å². The van der Waals surface area contributed by atoms with Gasteiger partial charge in [0.15, 0.2) is 5.11 Å². The number of anilines is 1. The Hall–Kier alpha value is -1.13. The van der Waals surface area contributed by atoms with Gasteiger partial charge in [-0.15, -0.1) is 0 Å². The van der Waals surface area contributed by atoms with E-state index in [9.17, 15) is 0 Å². The van der Waals surface area contributed by atoms with Crippen LogP contribution in [0, 0.1) is 0 Å². The normalized spacial score (nSPS) is 17.7. The van der Waals surface area contributed by atoms with E-state index in [0.717, 1.165) is 31.0 Å². The van der Waals surface area contributed by atoms with Crippen molar-refractivity contribution in [1.29, 1.82) is 0 Å². The molecule has 0 bridgehead atoms. The molecule has 0 radical (unpaired) electrons. The molecule has 0 aromatic heterocycles. The van der Waals surface area contributed by atoms with E-state index in [-0.39, 0.29) is 0 Å². The van der Waals surface area contributed by atoms with Crippen LogP contribution in [0.4, 0.5) is 5.69 Å². The number of hydrogen-bond acceptors (Lipinski definition) is 2. The molecule has 1 aliphatic heterocycles. The van der Waals surface area contributed by atoms with Gasteiger partial charge in [-0.3, -0.25) is 0 Å². The van der Waals surface area contributed by atoms with Crippen LogP contribution in [-0.4, -0.2) is 43.2 Å². The van der Waals surface area contributed by atoms with Gasteiger partial charge in [-0.25, -0.2) is 0 Å². The average molecular weight is 277 g/mol. The van der Waals surface area contributed by atoms with Gasteiger partial charge in [-0.05, 0) is 64.3 Å². The second-order valence-electron chi connectivity index (χ2n) is 5.44. The van der Waals surface area contributed by atoms with Crippen molar-refractivity contribution in [2.24, 2.45) is 0 Å². The lowest BCUT2D eigenvalue weighted by Crippen LogP contribution is -2.43. The van der Waals surface area contributed by atoms with E-state index in [1.54, 1.807) is 0 Å². The first-order valence-electron chi connectivity index (χ1n) is 6.89. The molecule has 1 N–H and O–H groups in total. The first kappa shape index (κ1) is 14.3. The summed E-state index contributed by atoms with van der Waals surface area (Å²) in [5.41, 5.74) is 2.66. The summed E-state index contributed by atoms with van der Waals surface area (Å²) in [6, 6.07) is 8.99. The smallest absolute Gasteiger partial charge is 0.173 e. The summed E-state index contributed by atoms with van der Waals surface area (Å²) < 4.78 is 0. The SMILES string of the molecule is C[C@H]1Cc2ccccc2N1C(=S)NCCCN(C)C. The van der Waals surface area contributed by atoms with Crippen LogP contribution in [0.5, 0.6) is 0 Å². The second-order valence-corrected chi connectivity index (χ2v) is 5.83. The number of fused-ring (bicyclic) bond motifs is 1. The Morgan fingerprint density at radius 3 is 2.89 bits per heavy atom. The Morgan fingerprint density at radius 2 is 2.16 bits per heavy atom. The highest BCUT2D eigenvalue weighted by atomic mass is 32.1. The molecule has 0 fully saturated rings. The first-order chi connectivity index (χ1) is 9.09. The van der Waals surface area contributed by atoms with E-state index < -0.39 is 0 Å². The number of para-hydroxylation sites is 1. The molecule has 1 aromatic rings. The number of nitrogens with zero attached hydrogens (tertiary/aromatic N) is 2. The summed E-state index contributed by atoms with van der Waals surface area (Å²) in [6.45, 7) is 4.25. The lowest BCUT2D eigenvalue weighted by molar-refractivity contribution is 0.400. The van der Waals surface area contributed by atoms with Crippen molar-refractivity contribution in [3.8, 4) is 0 Å². The van der Waals surface area contributed by atoms with Crippen molar-refractivity contribution in [3.05, 3.63) is 29.8 Å². The van der Waals surface area contributed by atoms with Gasteiger partial charge in [0.05, 0.1) is 0 Å². The van der Waals surface area contributed by atoms with Crippen molar-refractivity contribution in [2.75, 3.05) is 32.1 Å². The molecule has 0 aliphatic carbocycles. The molecule has 19 heavy (non-hydrogen) atoms. The molecule has 1 atom stereocenters. The molecule has 3 nitrogen and oxygen atoms in total. The maximum absolute atomic E-state index is 5.55. The van der Waals surface area contributed by atoms with Gasteiger partial charge >= 0.3 is 0 Å². The van der Waals surface area contributed by atoms with E-state index >= 15 is 0 Å². The van der Waals surface area contributed by atoms with E-state index in [2.05, 4.69) is 60.4 Å². The maximum atomic E-state index is 5.55. The minimum atomic E-state index is 0.450. The second kappa shape index (κ2) is 6.35. The first-order valence-corrected chi connectivity index (χ1v) is 7.30. The zero-order valence-electron chi connectivity index (χ0n) is 12.0. The molecule has 1 aliphatic rings. The van der Waals surface area contributed by atoms with Crippen LogP contribution in [0.1, 0.15) is 18.9 Å². The summed E-state index contributed by atoms with van der Waals surface area (Å²) in [5.74, 6) is 0. The topological polar surface area (TPSA) is 18.5 Å². The van der Waals surface area contributed by atoms with Crippen LogP contribution in [0.15, 0.2) is 24.3 Å². The standard InChI is InChI=1S/C15H23N3S/c1-12-11-13-7-4-5-8-14(13)18(12)15(19)16-9-6-10-17(2)3/h4-5,7-8,12H,6,9-11H2,1-3H3,(H,16,19)/t12-/m0/s1. The fraction of sp³-hybridized carbons (Fsp3) is 0.533. The highest BCUT2D eigenvalue weighted by Gasteiger charge is 2.28. The predicted octanol–water partition coefficient (Wildman–Crippen LogP) is 2.26. The Balaban J connectivity index is 1.92. The Labute approximate surface area is 121 Å². The molecule has 1 heterocycles. The molecule has 0 saturated carbocycles. The molecule has 0 unspecified atom stereocenters. The van der Waals surface area contributed by atoms with Crippen LogP contribution in [0.25, 0.3) is 0 Å². The van der Waals surface area contributed by atoms with E-state index in [1.807, 2.05) is 0 Å². The third-order valence-corrected chi connectivity index (χ3v) is 3.83. The van der Waals surface area contributed by atoms with E-state index in [0.29, 0.717) is 6.04 Å². The molecular weight excluding hydrogens is 254 g/mol. The Bertz CT molecular complexity index is 445. The monoisotopic (exact) mass is 277 g/mol. The molecule has 0 saturated heterocycles. The Morgan fingerprint density at radius 1 is 1.42 bits per heavy atom. The van der Waals surface area contributed by atoms with Crippen LogP contribution < -0.4 is 10.2 Å². The van der Waals surface area contributed by atoms with Crippen molar-refractivity contribution >= 4 is 23.0 Å². The minimum Gasteiger partial charge on any atom is -0.362 e. The third-order valence-electron chi connectivity index (χ3n) is 3.48. The lowest BCUT2D eigenvalue weighted by atomic mass is 10.1. The maximum Gasteiger partial charge on any atom is 0.173 e. The van der Waals surface area contributed by atoms with Crippen molar-refractivity contribution in [1.82, 2.24) is 10.2 Å². The molecule has 2 rings (SSSR count). The average Bonchev–Trinajstić information content (AvgIpc) is 2.70.